The molecular formula is C19H12Cl2N4O3. The first kappa shape index (κ1) is 18.2. The van der Waals surface area contributed by atoms with Crippen LogP contribution in [-0.4, -0.2) is 19.5 Å². The third-order valence-electron chi connectivity index (χ3n) is 4.39. The molecule has 2 heterocycles. The molecule has 0 saturated carbocycles. The number of hydrogen-bond donors (Lipinski definition) is 1. The van der Waals surface area contributed by atoms with Crippen LogP contribution >= 0.6 is 23.2 Å². The van der Waals surface area contributed by atoms with Gasteiger partial charge in [0, 0.05) is 40.6 Å². The third kappa shape index (κ3) is 2.94. The SMILES string of the molecule is Cc1[nH]n2c(=O)cc(-c3ccc([N+](=O)[O-])cc3)nc2c1-c1cccc(Cl)c1Cl. The highest BCUT2D eigenvalue weighted by molar-refractivity contribution is 6.43. The van der Waals surface area contributed by atoms with E-state index >= 15 is 0 Å². The lowest BCUT2D eigenvalue weighted by molar-refractivity contribution is -0.384. The maximum absolute atomic E-state index is 12.6. The van der Waals surface area contributed by atoms with Gasteiger partial charge in [-0.3, -0.25) is 20.0 Å². The van der Waals surface area contributed by atoms with E-state index in [0.29, 0.717) is 43.8 Å². The van der Waals surface area contributed by atoms with Gasteiger partial charge >= 0.3 is 0 Å². The second-order valence-corrected chi connectivity index (χ2v) is 6.94. The maximum Gasteiger partial charge on any atom is 0.273 e. The summed E-state index contributed by atoms with van der Waals surface area (Å²) >= 11 is 12.5. The molecule has 7 nitrogen and oxygen atoms in total. The number of nitro groups is 1. The van der Waals surface area contributed by atoms with Crippen LogP contribution in [0.4, 0.5) is 5.69 Å². The summed E-state index contributed by atoms with van der Waals surface area (Å²) in [6, 6.07) is 12.5. The van der Waals surface area contributed by atoms with E-state index in [1.165, 1.54) is 22.7 Å². The smallest absolute Gasteiger partial charge is 0.273 e. The molecular weight excluding hydrogens is 403 g/mol. The normalized spacial score (nSPS) is 11.1. The maximum atomic E-state index is 12.6. The lowest BCUT2D eigenvalue weighted by atomic mass is 10.1. The number of non-ortho nitro benzene ring substituents is 1. The molecule has 9 heteroatoms. The van der Waals surface area contributed by atoms with Crippen LogP contribution in [0.1, 0.15) is 5.69 Å². The fraction of sp³-hybridized carbons (Fsp3) is 0.0526. The summed E-state index contributed by atoms with van der Waals surface area (Å²) < 4.78 is 1.33. The van der Waals surface area contributed by atoms with Crippen molar-refractivity contribution in [2.75, 3.05) is 0 Å². The second-order valence-electron chi connectivity index (χ2n) is 6.16. The van der Waals surface area contributed by atoms with Crippen molar-refractivity contribution in [3.05, 3.63) is 84.7 Å². The molecule has 4 rings (SSSR count). The van der Waals surface area contributed by atoms with Gasteiger partial charge in [-0.25, -0.2) is 9.50 Å². The molecule has 1 N–H and O–H groups in total. The molecule has 0 unspecified atom stereocenters. The summed E-state index contributed by atoms with van der Waals surface area (Å²) in [6.07, 6.45) is 0. The minimum absolute atomic E-state index is 0.0366. The topological polar surface area (TPSA) is 93.3 Å². The van der Waals surface area contributed by atoms with E-state index in [4.69, 9.17) is 23.2 Å². The highest BCUT2D eigenvalue weighted by Crippen LogP contribution is 2.37. The van der Waals surface area contributed by atoms with Crippen molar-refractivity contribution in [2.24, 2.45) is 0 Å². The zero-order valence-corrected chi connectivity index (χ0v) is 16.0. The minimum atomic E-state index is -0.482. The van der Waals surface area contributed by atoms with Crippen molar-refractivity contribution in [3.8, 4) is 22.4 Å². The van der Waals surface area contributed by atoms with E-state index in [-0.39, 0.29) is 11.2 Å². The number of halogens is 2. The van der Waals surface area contributed by atoms with Gasteiger partial charge in [-0.15, -0.1) is 0 Å². The van der Waals surface area contributed by atoms with Crippen molar-refractivity contribution in [1.29, 1.82) is 0 Å². The van der Waals surface area contributed by atoms with Crippen molar-refractivity contribution >= 4 is 34.5 Å². The first-order chi connectivity index (χ1) is 13.4. The van der Waals surface area contributed by atoms with Gasteiger partial charge < -0.3 is 0 Å². The predicted molar refractivity (Wildman–Crippen MR) is 108 cm³/mol. The lowest BCUT2D eigenvalue weighted by Gasteiger charge is -2.06. The highest BCUT2D eigenvalue weighted by Gasteiger charge is 2.18. The summed E-state index contributed by atoms with van der Waals surface area (Å²) in [5, 5.41) is 14.6. The zero-order valence-electron chi connectivity index (χ0n) is 14.4. The Morgan fingerprint density at radius 3 is 2.54 bits per heavy atom. The third-order valence-corrected chi connectivity index (χ3v) is 5.21. The van der Waals surface area contributed by atoms with Crippen LogP contribution < -0.4 is 5.56 Å². The fourth-order valence-corrected chi connectivity index (χ4v) is 3.47. The Bertz CT molecular complexity index is 1290. The quantitative estimate of drug-likeness (QED) is 0.381. The Labute approximate surface area is 168 Å². The Kier molecular flexibility index (Phi) is 4.41. The molecule has 0 aliphatic carbocycles. The standard InChI is InChI=1S/C19H12Cl2N4O3/c1-10-17(13-3-2-4-14(20)18(13)21)19-22-15(9-16(26)24(19)23-10)11-5-7-12(8-6-11)25(27)28/h2-9,23H,1H3. The number of aryl methyl sites for hydroxylation is 1. The van der Waals surface area contributed by atoms with Crippen LogP contribution in [0.15, 0.2) is 53.3 Å². The number of H-pyrrole nitrogens is 1. The first-order valence-electron chi connectivity index (χ1n) is 8.18. The number of fused-ring (bicyclic) bond motifs is 1. The summed E-state index contributed by atoms with van der Waals surface area (Å²) in [7, 11) is 0. The molecule has 4 aromatic rings. The Morgan fingerprint density at radius 1 is 1.14 bits per heavy atom. The van der Waals surface area contributed by atoms with Gasteiger partial charge in [0.1, 0.15) is 0 Å². The molecule has 28 heavy (non-hydrogen) atoms. The average Bonchev–Trinajstić information content (AvgIpc) is 3.00. The lowest BCUT2D eigenvalue weighted by Crippen LogP contribution is -2.14. The molecule has 0 bridgehead atoms. The number of nitrogens with one attached hydrogen (secondary N) is 1. The molecule has 0 aliphatic heterocycles. The van der Waals surface area contributed by atoms with Gasteiger partial charge in [-0.2, -0.15) is 0 Å². The number of nitrogens with zero attached hydrogens (tertiary/aromatic N) is 3. The van der Waals surface area contributed by atoms with Crippen LogP contribution in [0.25, 0.3) is 28.0 Å². The number of rotatable bonds is 3. The number of hydrogen-bond acceptors (Lipinski definition) is 4. The van der Waals surface area contributed by atoms with Crippen LogP contribution in [0, 0.1) is 17.0 Å². The Balaban J connectivity index is 1.96. The van der Waals surface area contributed by atoms with Crippen LogP contribution in [0.5, 0.6) is 0 Å². The van der Waals surface area contributed by atoms with E-state index in [1.54, 1.807) is 30.3 Å². The monoisotopic (exact) mass is 414 g/mol. The van der Waals surface area contributed by atoms with E-state index < -0.39 is 4.92 Å². The van der Waals surface area contributed by atoms with Crippen molar-refractivity contribution in [1.82, 2.24) is 14.6 Å². The molecule has 0 spiro atoms. The molecule has 0 saturated heterocycles. The van der Waals surface area contributed by atoms with E-state index in [1.807, 2.05) is 6.92 Å². The number of benzene rings is 2. The Hall–Kier alpha value is -3.16. The zero-order chi connectivity index (χ0) is 20.0. The van der Waals surface area contributed by atoms with Crippen molar-refractivity contribution < 1.29 is 4.92 Å². The largest absolute Gasteiger partial charge is 0.293 e. The van der Waals surface area contributed by atoms with Gasteiger partial charge in [-0.1, -0.05) is 35.3 Å². The second kappa shape index (κ2) is 6.78. The summed E-state index contributed by atoms with van der Waals surface area (Å²) in [6.45, 7) is 1.81. The summed E-state index contributed by atoms with van der Waals surface area (Å²) in [5.74, 6) is 0. The van der Waals surface area contributed by atoms with Crippen molar-refractivity contribution in [3.63, 3.8) is 0 Å². The van der Waals surface area contributed by atoms with Gasteiger partial charge in [-0.05, 0) is 25.1 Å². The number of aromatic amines is 1. The van der Waals surface area contributed by atoms with E-state index in [0.717, 1.165) is 0 Å². The van der Waals surface area contributed by atoms with Crippen LogP contribution in [0.3, 0.4) is 0 Å². The number of nitro benzene ring substituents is 1. The highest BCUT2D eigenvalue weighted by atomic mass is 35.5. The van der Waals surface area contributed by atoms with Crippen molar-refractivity contribution in [2.45, 2.75) is 6.92 Å². The van der Waals surface area contributed by atoms with E-state index in [2.05, 4.69) is 10.1 Å². The fourth-order valence-electron chi connectivity index (χ4n) is 3.07. The van der Waals surface area contributed by atoms with Gasteiger partial charge in [0.25, 0.3) is 11.2 Å². The van der Waals surface area contributed by atoms with Crippen LogP contribution in [-0.2, 0) is 0 Å². The molecule has 0 aliphatic rings. The molecule has 2 aromatic carbocycles. The molecule has 2 aromatic heterocycles. The minimum Gasteiger partial charge on any atom is -0.293 e. The predicted octanol–water partition coefficient (Wildman–Crippen LogP) is 4.88. The van der Waals surface area contributed by atoms with Gasteiger partial charge in [0.15, 0.2) is 5.65 Å². The Morgan fingerprint density at radius 2 is 1.86 bits per heavy atom. The van der Waals surface area contributed by atoms with Gasteiger partial charge in [0.2, 0.25) is 0 Å². The number of aromatic nitrogens is 3. The first-order valence-corrected chi connectivity index (χ1v) is 8.94. The average molecular weight is 415 g/mol. The molecule has 140 valence electrons. The molecule has 0 atom stereocenters. The van der Waals surface area contributed by atoms with Crippen LogP contribution in [0.2, 0.25) is 10.0 Å². The summed E-state index contributed by atoms with van der Waals surface area (Å²) in [4.78, 5) is 27.6. The molecule has 0 fully saturated rings. The van der Waals surface area contributed by atoms with Gasteiger partial charge in [0.05, 0.1) is 20.7 Å². The summed E-state index contributed by atoms with van der Waals surface area (Å²) in [5.41, 5.74) is 3.05. The molecule has 0 radical (unpaired) electrons. The molecule has 0 amide bonds. The van der Waals surface area contributed by atoms with E-state index in [9.17, 15) is 14.9 Å².